The molecule has 0 bridgehead atoms. The highest BCUT2D eigenvalue weighted by atomic mass is 32.1. The zero-order chi connectivity index (χ0) is 13.8. The van der Waals surface area contributed by atoms with Crippen LogP contribution in [0.25, 0.3) is 0 Å². The van der Waals surface area contributed by atoms with Crippen molar-refractivity contribution in [3.63, 3.8) is 0 Å². The predicted octanol–water partition coefficient (Wildman–Crippen LogP) is 3.45. The van der Waals surface area contributed by atoms with Gasteiger partial charge >= 0.3 is 5.97 Å². The topological polar surface area (TPSA) is 53.7 Å². The lowest BCUT2D eigenvalue weighted by Gasteiger charge is -2.25. The van der Waals surface area contributed by atoms with Crippen molar-refractivity contribution >= 4 is 17.3 Å². The Hall–Kier alpha value is -1.59. The van der Waals surface area contributed by atoms with E-state index in [1.54, 1.807) is 11.3 Å². The number of furan rings is 1. The van der Waals surface area contributed by atoms with Gasteiger partial charge in [-0.2, -0.15) is 0 Å². The van der Waals surface area contributed by atoms with E-state index in [0.29, 0.717) is 18.3 Å². The van der Waals surface area contributed by atoms with Gasteiger partial charge in [0.2, 0.25) is 0 Å². The van der Waals surface area contributed by atoms with Crippen molar-refractivity contribution in [1.29, 1.82) is 0 Å². The molecule has 5 heteroatoms. The number of hydrogen-bond donors (Lipinski definition) is 1. The molecule has 102 valence electrons. The van der Waals surface area contributed by atoms with Gasteiger partial charge in [0.15, 0.2) is 0 Å². The first-order valence-electron chi connectivity index (χ1n) is 6.14. The molecule has 0 saturated carbocycles. The number of thiophene rings is 1. The van der Waals surface area contributed by atoms with E-state index in [2.05, 4.69) is 24.8 Å². The van der Waals surface area contributed by atoms with Gasteiger partial charge in [0.05, 0.1) is 12.8 Å². The Morgan fingerprint density at radius 3 is 2.79 bits per heavy atom. The smallest absolute Gasteiger partial charge is 0.339 e. The number of aromatic carboxylic acids is 1. The lowest BCUT2D eigenvalue weighted by atomic mass is 10.2. The normalized spacial score (nSPS) is 11.4. The maximum atomic E-state index is 11.1. The minimum Gasteiger partial charge on any atom is -0.478 e. The van der Waals surface area contributed by atoms with Crippen molar-refractivity contribution in [1.82, 2.24) is 4.90 Å². The summed E-state index contributed by atoms with van der Waals surface area (Å²) in [7, 11) is 0. The van der Waals surface area contributed by atoms with Gasteiger partial charge in [-0.05, 0) is 31.4 Å². The minimum atomic E-state index is -0.941. The van der Waals surface area contributed by atoms with Crippen LogP contribution in [-0.4, -0.2) is 22.0 Å². The number of hydrogen-bond acceptors (Lipinski definition) is 4. The summed E-state index contributed by atoms with van der Waals surface area (Å²) in [5.41, 5.74) is 0.247. The Balaban J connectivity index is 2.12. The monoisotopic (exact) mass is 279 g/mol. The van der Waals surface area contributed by atoms with Crippen LogP contribution in [0.15, 0.2) is 34.3 Å². The first-order valence-corrected chi connectivity index (χ1v) is 7.02. The summed E-state index contributed by atoms with van der Waals surface area (Å²) in [6.45, 7) is 5.49. The zero-order valence-corrected chi connectivity index (χ0v) is 11.8. The second-order valence-corrected chi connectivity index (χ2v) is 5.67. The van der Waals surface area contributed by atoms with E-state index in [0.717, 1.165) is 6.54 Å². The fourth-order valence-electron chi connectivity index (χ4n) is 1.86. The van der Waals surface area contributed by atoms with Crippen molar-refractivity contribution in [3.05, 3.63) is 46.0 Å². The Labute approximate surface area is 116 Å². The van der Waals surface area contributed by atoms with Crippen LogP contribution in [0.5, 0.6) is 0 Å². The molecule has 0 aliphatic rings. The second kappa shape index (κ2) is 6.04. The Kier molecular flexibility index (Phi) is 4.39. The van der Waals surface area contributed by atoms with E-state index in [9.17, 15) is 4.79 Å². The van der Waals surface area contributed by atoms with E-state index >= 15 is 0 Å². The van der Waals surface area contributed by atoms with Gasteiger partial charge in [-0.1, -0.05) is 6.07 Å². The summed E-state index contributed by atoms with van der Waals surface area (Å²) < 4.78 is 5.31. The van der Waals surface area contributed by atoms with Crippen LogP contribution in [-0.2, 0) is 13.1 Å². The molecule has 0 aromatic carbocycles. The summed E-state index contributed by atoms with van der Waals surface area (Å²) in [6.07, 6.45) is 1.43. The number of rotatable bonds is 6. The molecule has 19 heavy (non-hydrogen) atoms. The van der Waals surface area contributed by atoms with Gasteiger partial charge in [-0.25, -0.2) is 4.79 Å². The van der Waals surface area contributed by atoms with Gasteiger partial charge in [0, 0.05) is 17.5 Å². The number of carboxylic acid groups (broad SMARTS) is 1. The van der Waals surface area contributed by atoms with Crippen LogP contribution in [0.2, 0.25) is 0 Å². The molecule has 0 spiro atoms. The molecule has 2 rings (SSSR count). The molecular weight excluding hydrogens is 262 g/mol. The summed E-state index contributed by atoms with van der Waals surface area (Å²) >= 11 is 1.70. The molecule has 0 atom stereocenters. The maximum absolute atomic E-state index is 11.1. The quantitative estimate of drug-likeness (QED) is 0.880. The predicted molar refractivity (Wildman–Crippen MR) is 74.4 cm³/mol. The van der Waals surface area contributed by atoms with Crippen LogP contribution in [0.4, 0.5) is 0 Å². The summed E-state index contributed by atoms with van der Waals surface area (Å²) in [5.74, 6) is -0.429. The van der Waals surface area contributed by atoms with E-state index in [1.165, 1.54) is 17.2 Å². The van der Waals surface area contributed by atoms with Crippen LogP contribution in [0.1, 0.15) is 34.8 Å². The average Bonchev–Trinajstić information content (AvgIpc) is 2.98. The third-order valence-electron chi connectivity index (χ3n) is 2.99. The second-order valence-electron chi connectivity index (χ2n) is 4.64. The molecule has 0 unspecified atom stereocenters. The SMILES string of the molecule is CC(C)N(Cc1cccs1)Cc1occc1C(=O)O. The fraction of sp³-hybridized carbons (Fsp3) is 0.357. The van der Waals surface area contributed by atoms with Crippen LogP contribution in [0, 0.1) is 0 Å². The van der Waals surface area contributed by atoms with Gasteiger partial charge in [0.25, 0.3) is 0 Å². The van der Waals surface area contributed by atoms with Gasteiger partial charge < -0.3 is 9.52 Å². The van der Waals surface area contributed by atoms with Crippen LogP contribution >= 0.6 is 11.3 Å². The van der Waals surface area contributed by atoms with E-state index in [4.69, 9.17) is 9.52 Å². The maximum Gasteiger partial charge on any atom is 0.339 e. The Morgan fingerprint density at radius 1 is 1.42 bits per heavy atom. The molecule has 2 aromatic rings. The summed E-state index contributed by atoms with van der Waals surface area (Å²) in [5, 5.41) is 11.1. The van der Waals surface area contributed by atoms with E-state index < -0.39 is 5.97 Å². The molecule has 0 fully saturated rings. The van der Waals surface area contributed by atoms with Gasteiger partial charge in [0.1, 0.15) is 11.3 Å². The molecule has 0 saturated heterocycles. The van der Waals surface area contributed by atoms with Crippen LogP contribution < -0.4 is 0 Å². The van der Waals surface area contributed by atoms with E-state index in [1.807, 2.05) is 11.4 Å². The molecule has 0 radical (unpaired) electrons. The minimum absolute atomic E-state index is 0.247. The van der Waals surface area contributed by atoms with Crippen molar-refractivity contribution in [2.75, 3.05) is 0 Å². The Morgan fingerprint density at radius 2 is 2.21 bits per heavy atom. The highest BCUT2D eigenvalue weighted by Crippen LogP contribution is 2.19. The lowest BCUT2D eigenvalue weighted by molar-refractivity contribution is 0.0691. The number of carbonyl (C=O) groups is 1. The summed E-state index contributed by atoms with van der Waals surface area (Å²) in [6, 6.07) is 5.92. The third kappa shape index (κ3) is 3.45. The van der Waals surface area contributed by atoms with Crippen LogP contribution in [0.3, 0.4) is 0 Å². The molecule has 2 heterocycles. The molecule has 0 amide bonds. The first-order chi connectivity index (χ1) is 9.08. The van der Waals surface area contributed by atoms with Crippen molar-refractivity contribution < 1.29 is 14.3 Å². The van der Waals surface area contributed by atoms with E-state index in [-0.39, 0.29) is 5.56 Å². The first kappa shape index (κ1) is 13.8. The zero-order valence-electron chi connectivity index (χ0n) is 11.0. The molecule has 0 aliphatic heterocycles. The van der Waals surface area contributed by atoms with Crippen molar-refractivity contribution in [2.24, 2.45) is 0 Å². The highest BCUT2D eigenvalue weighted by Gasteiger charge is 2.18. The van der Waals surface area contributed by atoms with Gasteiger partial charge in [-0.3, -0.25) is 4.90 Å². The standard InChI is InChI=1S/C14H17NO3S/c1-10(2)15(8-11-4-3-7-19-11)9-13-12(14(16)17)5-6-18-13/h3-7,10H,8-9H2,1-2H3,(H,16,17). The van der Waals surface area contributed by atoms with Gasteiger partial charge in [-0.15, -0.1) is 11.3 Å². The fourth-order valence-corrected chi connectivity index (χ4v) is 2.59. The number of nitrogens with zero attached hydrogens (tertiary/aromatic N) is 1. The van der Waals surface area contributed by atoms with Crippen molar-refractivity contribution in [3.8, 4) is 0 Å². The third-order valence-corrected chi connectivity index (χ3v) is 3.85. The highest BCUT2D eigenvalue weighted by molar-refractivity contribution is 7.09. The molecule has 2 aromatic heterocycles. The summed E-state index contributed by atoms with van der Waals surface area (Å²) in [4.78, 5) is 14.5. The molecular formula is C14H17NO3S. The molecule has 1 N–H and O–H groups in total. The molecule has 0 aliphatic carbocycles. The Bertz CT molecular complexity index is 531. The average molecular weight is 279 g/mol. The van der Waals surface area contributed by atoms with Crippen molar-refractivity contribution in [2.45, 2.75) is 33.0 Å². The largest absolute Gasteiger partial charge is 0.478 e. The number of carboxylic acids is 1. The lowest BCUT2D eigenvalue weighted by Crippen LogP contribution is -2.29. The molecule has 4 nitrogen and oxygen atoms in total.